The molecule has 0 aliphatic carbocycles. The lowest BCUT2D eigenvalue weighted by Gasteiger charge is -2.41. The molecule has 0 radical (unpaired) electrons. The normalized spacial score (nSPS) is 16.5. The molecule has 3 rings (SSSR count). The molecular formula is C21H29N5O2. The van der Waals surface area contributed by atoms with Crippen LogP contribution in [-0.2, 0) is 13.6 Å². The van der Waals surface area contributed by atoms with Gasteiger partial charge >= 0.3 is 6.03 Å². The van der Waals surface area contributed by atoms with Gasteiger partial charge in [0.1, 0.15) is 0 Å². The number of carbonyl (C=O) groups excluding carboxylic acids is 1. The molecule has 0 unspecified atom stereocenters. The molecule has 1 aromatic carbocycles. The fourth-order valence-corrected chi connectivity index (χ4v) is 3.69. The maximum Gasteiger partial charge on any atom is 0.320 e. The Bertz CT molecular complexity index is 841. The van der Waals surface area contributed by atoms with E-state index in [1.807, 2.05) is 6.07 Å². The first-order valence-corrected chi connectivity index (χ1v) is 9.84. The monoisotopic (exact) mass is 383 g/mol. The van der Waals surface area contributed by atoms with Gasteiger partial charge in [-0.1, -0.05) is 37.3 Å². The minimum atomic E-state index is -0.379. The van der Waals surface area contributed by atoms with Gasteiger partial charge in [-0.2, -0.15) is 0 Å². The molecule has 1 aliphatic heterocycles. The Balaban J connectivity index is 1.51. The smallest absolute Gasteiger partial charge is 0.320 e. The molecule has 7 nitrogen and oxygen atoms in total. The van der Waals surface area contributed by atoms with Crippen LogP contribution in [0.25, 0.3) is 0 Å². The fourth-order valence-electron chi connectivity index (χ4n) is 3.69. The molecule has 1 aliphatic rings. The first kappa shape index (κ1) is 20.1. The lowest BCUT2D eigenvalue weighted by Crippen LogP contribution is -2.46. The van der Waals surface area contributed by atoms with E-state index in [9.17, 15) is 9.59 Å². The third kappa shape index (κ3) is 4.98. The van der Waals surface area contributed by atoms with Gasteiger partial charge in [-0.3, -0.25) is 15.0 Å². The maximum absolute atomic E-state index is 12.3. The summed E-state index contributed by atoms with van der Waals surface area (Å²) in [5.74, 6) is 0.0470. The van der Waals surface area contributed by atoms with E-state index in [1.54, 1.807) is 13.2 Å². The maximum atomic E-state index is 12.3. The summed E-state index contributed by atoms with van der Waals surface area (Å²) >= 11 is 0. The Morgan fingerprint density at radius 2 is 1.93 bits per heavy atom. The minimum Gasteiger partial charge on any atom is -0.337 e. The van der Waals surface area contributed by atoms with E-state index in [0.717, 1.165) is 38.9 Å². The average Bonchev–Trinajstić information content (AvgIpc) is 2.72. The Morgan fingerprint density at radius 1 is 1.21 bits per heavy atom. The van der Waals surface area contributed by atoms with E-state index in [1.165, 1.54) is 16.3 Å². The van der Waals surface area contributed by atoms with Gasteiger partial charge in [0.25, 0.3) is 5.56 Å². The molecule has 150 valence electrons. The molecule has 1 aromatic heterocycles. The van der Waals surface area contributed by atoms with Gasteiger partial charge in [0.05, 0.1) is 0 Å². The number of anilines is 1. The zero-order valence-corrected chi connectivity index (χ0v) is 16.6. The van der Waals surface area contributed by atoms with E-state index < -0.39 is 0 Å². The first-order valence-electron chi connectivity index (χ1n) is 9.84. The standard InChI is InChI=1S/C21H29N5O2/c1-3-21(9-12-26(13-10-21)15-17-7-5-4-6-8-17)16-23-20(28)24-18-19(27)25(2)14-11-22-18/h4-8,11,14H,3,9-10,12-13,15-16H2,1-2H3,(H2,22,23,24,28). The van der Waals surface area contributed by atoms with Gasteiger partial charge in [0.2, 0.25) is 5.82 Å². The predicted octanol–water partition coefficient (Wildman–Crippen LogP) is 2.59. The van der Waals surface area contributed by atoms with Crippen LogP contribution in [0, 0.1) is 5.41 Å². The summed E-state index contributed by atoms with van der Waals surface area (Å²) in [7, 11) is 1.63. The molecule has 0 atom stereocenters. The predicted molar refractivity (Wildman–Crippen MR) is 110 cm³/mol. The summed E-state index contributed by atoms with van der Waals surface area (Å²) in [6, 6.07) is 10.1. The van der Waals surface area contributed by atoms with Crippen molar-refractivity contribution in [1.82, 2.24) is 19.8 Å². The van der Waals surface area contributed by atoms with Gasteiger partial charge in [-0.05, 0) is 43.3 Å². The number of piperidine rings is 1. The van der Waals surface area contributed by atoms with E-state index in [2.05, 4.69) is 51.7 Å². The van der Waals surface area contributed by atoms with Crippen molar-refractivity contribution >= 4 is 11.8 Å². The second-order valence-corrected chi connectivity index (χ2v) is 7.61. The molecule has 1 fully saturated rings. The van der Waals surface area contributed by atoms with Crippen molar-refractivity contribution < 1.29 is 4.79 Å². The molecule has 2 aromatic rings. The number of rotatable bonds is 6. The molecule has 2 heterocycles. The highest BCUT2D eigenvalue weighted by molar-refractivity contribution is 5.87. The number of benzene rings is 1. The van der Waals surface area contributed by atoms with Crippen LogP contribution in [0.3, 0.4) is 0 Å². The summed E-state index contributed by atoms with van der Waals surface area (Å²) in [5, 5.41) is 5.52. The first-order chi connectivity index (χ1) is 13.5. The summed E-state index contributed by atoms with van der Waals surface area (Å²) < 4.78 is 1.39. The van der Waals surface area contributed by atoms with Crippen LogP contribution in [0.2, 0.25) is 0 Å². The van der Waals surface area contributed by atoms with Crippen LogP contribution in [0.5, 0.6) is 0 Å². The van der Waals surface area contributed by atoms with Crippen molar-refractivity contribution in [1.29, 1.82) is 0 Å². The SMILES string of the molecule is CCC1(CNC(=O)Nc2nccn(C)c2=O)CCN(Cc2ccccc2)CC1. The largest absolute Gasteiger partial charge is 0.337 e. The number of hydrogen-bond donors (Lipinski definition) is 2. The van der Waals surface area contributed by atoms with Crippen LogP contribution in [0.1, 0.15) is 31.7 Å². The topological polar surface area (TPSA) is 79.3 Å². The molecule has 2 amide bonds. The number of urea groups is 1. The molecule has 2 N–H and O–H groups in total. The number of carbonyl (C=O) groups is 1. The van der Waals surface area contributed by atoms with Gasteiger partial charge in [-0.25, -0.2) is 9.78 Å². The number of aryl methyl sites for hydroxylation is 1. The summed E-state index contributed by atoms with van der Waals surface area (Å²) in [4.78, 5) is 30.7. The van der Waals surface area contributed by atoms with Crippen molar-refractivity contribution in [2.45, 2.75) is 32.7 Å². The molecule has 0 saturated carbocycles. The minimum absolute atomic E-state index is 0.0470. The summed E-state index contributed by atoms with van der Waals surface area (Å²) in [6.45, 7) is 5.79. The molecule has 0 bridgehead atoms. The highest BCUT2D eigenvalue weighted by Crippen LogP contribution is 2.34. The molecule has 0 spiro atoms. The zero-order chi connectivity index (χ0) is 20.0. The van der Waals surface area contributed by atoms with Crippen LogP contribution < -0.4 is 16.2 Å². The zero-order valence-electron chi connectivity index (χ0n) is 16.6. The Hall–Kier alpha value is -2.67. The summed E-state index contributed by atoms with van der Waals surface area (Å²) in [5.41, 5.74) is 1.11. The molecule has 1 saturated heterocycles. The van der Waals surface area contributed by atoms with Crippen LogP contribution in [0.15, 0.2) is 47.5 Å². The van der Waals surface area contributed by atoms with Gasteiger partial charge in [-0.15, -0.1) is 0 Å². The fraction of sp³-hybridized carbons (Fsp3) is 0.476. The number of nitrogens with zero attached hydrogens (tertiary/aromatic N) is 3. The Morgan fingerprint density at radius 3 is 2.61 bits per heavy atom. The van der Waals surface area contributed by atoms with Crippen molar-refractivity contribution in [3.63, 3.8) is 0 Å². The average molecular weight is 383 g/mol. The number of hydrogen-bond acceptors (Lipinski definition) is 4. The van der Waals surface area contributed by atoms with Crippen LogP contribution in [-0.4, -0.2) is 40.1 Å². The number of aromatic nitrogens is 2. The quantitative estimate of drug-likeness (QED) is 0.804. The Kier molecular flexibility index (Phi) is 6.46. The Labute approximate surface area is 165 Å². The van der Waals surface area contributed by atoms with Gasteiger partial charge < -0.3 is 9.88 Å². The second kappa shape index (κ2) is 9.01. The van der Waals surface area contributed by atoms with Crippen LogP contribution >= 0.6 is 0 Å². The second-order valence-electron chi connectivity index (χ2n) is 7.61. The number of likely N-dealkylation sites (tertiary alicyclic amines) is 1. The summed E-state index contributed by atoms with van der Waals surface area (Å²) in [6.07, 6.45) is 6.15. The number of amides is 2. The van der Waals surface area contributed by atoms with Crippen molar-refractivity contribution in [3.8, 4) is 0 Å². The van der Waals surface area contributed by atoms with Crippen LogP contribution in [0.4, 0.5) is 10.6 Å². The third-order valence-electron chi connectivity index (χ3n) is 5.79. The highest BCUT2D eigenvalue weighted by atomic mass is 16.2. The van der Waals surface area contributed by atoms with Gasteiger partial charge in [0, 0.05) is 32.5 Å². The number of nitrogens with one attached hydrogen (secondary N) is 2. The van der Waals surface area contributed by atoms with Crippen molar-refractivity contribution in [2.75, 3.05) is 25.0 Å². The van der Waals surface area contributed by atoms with E-state index in [4.69, 9.17) is 0 Å². The molecular weight excluding hydrogens is 354 g/mol. The van der Waals surface area contributed by atoms with Crippen molar-refractivity contribution in [3.05, 3.63) is 58.6 Å². The lowest BCUT2D eigenvalue weighted by atomic mass is 9.76. The van der Waals surface area contributed by atoms with Gasteiger partial charge in [0.15, 0.2) is 0 Å². The van der Waals surface area contributed by atoms with Crippen molar-refractivity contribution in [2.24, 2.45) is 12.5 Å². The molecule has 7 heteroatoms. The molecule has 28 heavy (non-hydrogen) atoms. The van der Waals surface area contributed by atoms with E-state index in [0.29, 0.717) is 6.54 Å². The highest BCUT2D eigenvalue weighted by Gasteiger charge is 2.33. The third-order valence-corrected chi connectivity index (χ3v) is 5.79. The lowest BCUT2D eigenvalue weighted by molar-refractivity contribution is 0.0954. The van der Waals surface area contributed by atoms with E-state index in [-0.39, 0.29) is 22.8 Å². The van der Waals surface area contributed by atoms with E-state index >= 15 is 0 Å².